The van der Waals surface area contributed by atoms with E-state index in [1.165, 1.54) is 26.4 Å². The maximum absolute atomic E-state index is 14.4. The SMILES string of the molecule is COc1cc2nccc(Oc3ccc(NC(=O)/N=C\N)cc3F)c2cc1OC. The molecular formula is C19H17FN4O4. The minimum Gasteiger partial charge on any atom is -0.493 e. The van der Waals surface area contributed by atoms with Crippen molar-refractivity contribution < 1.29 is 23.4 Å². The van der Waals surface area contributed by atoms with Crippen molar-refractivity contribution in [3.05, 3.63) is 48.4 Å². The van der Waals surface area contributed by atoms with E-state index in [0.29, 0.717) is 28.2 Å². The Morgan fingerprint density at radius 3 is 2.54 bits per heavy atom. The van der Waals surface area contributed by atoms with Crippen LogP contribution >= 0.6 is 0 Å². The molecule has 0 fully saturated rings. The number of halogens is 1. The largest absolute Gasteiger partial charge is 0.493 e. The van der Waals surface area contributed by atoms with Gasteiger partial charge in [0.15, 0.2) is 23.1 Å². The van der Waals surface area contributed by atoms with Crippen LogP contribution in [0.3, 0.4) is 0 Å². The van der Waals surface area contributed by atoms with Crippen LogP contribution in [-0.4, -0.2) is 31.6 Å². The van der Waals surface area contributed by atoms with Crippen molar-refractivity contribution in [2.45, 2.75) is 0 Å². The second kappa shape index (κ2) is 8.21. The fourth-order valence-corrected chi connectivity index (χ4v) is 2.54. The molecule has 1 aromatic heterocycles. The molecule has 2 aromatic carbocycles. The molecule has 0 radical (unpaired) electrons. The first-order valence-electron chi connectivity index (χ1n) is 8.09. The van der Waals surface area contributed by atoms with Crippen LogP contribution in [0.4, 0.5) is 14.9 Å². The number of carbonyl (C=O) groups is 1. The fourth-order valence-electron chi connectivity index (χ4n) is 2.54. The first kappa shape index (κ1) is 18.9. The molecule has 3 aromatic rings. The molecule has 28 heavy (non-hydrogen) atoms. The Balaban J connectivity index is 1.93. The second-order valence-corrected chi connectivity index (χ2v) is 5.49. The van der Waals surface area contributed by atoms with Crippen molar-refractivity contribution in [2.24, 2.45) is 10.7 Å². The monoisotopic (exact) mass is 384 g/mol. The maximum Gasteiger partial charge on any atom is 0.346 e. The van der Waals surface area contributed by atoms with Gasteiger partial charge in [0.1, 0.15) is 5.75 Å². The number of benzene rings is 2. The summed E-state index contributed by atoms with van der Waals surface area (Å²) in [6.45, 7) is 0. The lowest BCUT2D eigenvalue weighted by atomic mass is 10.2. The number of rotatable bonds is 5. The fraction of sp³-hybridized carbons (Fsp3) is 0.105. The minimum absolute atomic E-state index is 0.0254. The van der Waals surface area contributed by atoms with Crippen LogP contribution in [0.25, 0.3) is 10.9 Å². The van der Waals surface area contributed by atoms with Crippen molar-refractivity contribution >= 4 is 29.0 Å². The molecule has 0 unspecified atom stereocenters. The van der Waals surface area contributed by atoms with Crippen molar-refractivity contribution in [3.63, 3.8) is 0 Å². The number of nitrogens with two attached hydrogens (primary N) is 1. The van der Waals surface area contributed by atoms with E-state index in [9.17, 15) is 9.18 Å². The predicted octanol–water partition coefficient (Wildman–Crippen LogP) is 3.70. The molecule has 3 N–H and O–H groups in total. The molecule has 0 aliphatic carbocycles. The van der Waals surface area contributed by atoms with E-state index in [1.807, 2.05) is 0 Å². The third kappa shape index (κ3) is 3.93. The van der Waals surface area contributed by atoms with E-state index in [0.717, 1.165) is 12.4 Å². The van der Waals surface area contributed by atoms with Crippen molar-refractivity contribution in [1.29, 1.82) is 0 Å². The van der Waals surface area contributed by atoms with Gasteiger partial charge in [0, 0.05) is 29.4 Å². The van der Waals surface area contributed by atoms with Crippen molar-refractivity contribution in [3.8, 4) is 23.0 Å². The third-order valence-corrected chi connectivity index (χ3v) is 3.80. The molecule has 3 rings (SSSR count). The van der Waals surface area contributed by atoms with Crippen LogP contribution in [0.2, 0.25) is 0 Å². The quantitative estimate of drug-likeness (QED) is 0.513. The topological polar surface area (TPSA) is 108 Å². The number of anilines is 1. The number of methoxy groups -OCH3 is 2. The predicted molar refractivity (Wildman–Crippen MR) is 103 cm³/mol. The maximum atomic E-state index is 14.4. The van der Waals surface area contributed by atoms with Gasteiger partial charge in [-0.05, 0) is 24.3 Å². The molecule has 0 atom stereocenters. The Labute approximate surface area is 159 Å². The summed E-state index contributed by atoms with van der Waals surface area (Å²) in [5, 5.41) is 3.00. The van der Waals surface area contributed by atoms with E-state index in [-0.39, 0.29) is 11.4 Å². The summed E-state index contributed by atoms with van der Waals surface area (Å²) in [7, 11) is 3.04. The summed E-state index contributed by atoms with van der Waals surface area (Å²) in [5.41, 5.74) is 5.85. The second-order valence-electron chi connectivity index (χ2n) is 5.49. The van der Waals surface area contributed by atoms with Gasteiger partial charge in [0.2, 0.25) is 0 Å². The highest BCUT2D eigenvalue weighted by Gasteiger charge is 2.13. The van der Waals surface area contributed by atoms with E-state index < -0.39 is 11.8 Å². The Bertz CT molecular complexity index is 1060. The number of ether oxygens (including phenoxy) is 3. The molecule has 9 heteroatoms. The number of carbonyl (C=O) groups excluding carboxylic acids is 1. The summed E-state index contributed by atoms with van der Waals surface area (Å²) in [5.74, 6) is 0.704. The van der Waals surface area contributed by atoms with Gasteiger partial charge in [-0.25, -0.2) is 9.18 Å². The van der Waals surface area contributed by atoms with Gasteiger partial charge >= 0.3 is 6.03 Å². The summed E-state index contributed by atoms with van der Waals surface area (Å²) in [6.07, 6.45) is 2.39. The summed E-state index contributed by atoms with van der Waals surface area (Å²) in [6, 6.07) is 8.30. The Morgan fingerprint density at radius 1 is 1.11 bits per heavy atom. The Hall–Kier alpha value is -3.88. The van der Waals surface area contributed by atoms with Gasteiger partial charge in [-0.2, -0.15) is 4.99 Å². The highest BCUT2D eigenvalue weighted by Crippen LogP contribution is 2.37. The number of amides is 2. The first-order chi connectivity index (χ1) is 13.5. The van der Waals surface area contributed by atoms with Crippen LogP contribution in [0, 0.1) is 5.82 Å². The van der Waals surface area contributed by atoms with E-state index >= 15 is 0 Å². The molecule has 0 aliphatic rings. The summed E-state index contributed by atoms with van der Waals surface area (Å²) < 4.78 is 30.7. The van der Waals surface area contributed by atoms with E-state index in [2.05, 4.69) is 15.3 Å². The van der Waals surface area contributed by atoms with Crippen LogP contribution in [0.5, 0.6) is 23.0 Å². The number of fused-ring (bicyclic) bond motifs is 1. The summed E-state index contributed by atoms with van der Waals surface area (Å²) in [4.78, 5) is 19.0. The number of aromatic nitrogens is 1. The number of hydrogen-bond acceptors (Lipinski definition) is 5. The van der Waals surface area contributed by atoms with Crippen molar-refractivity contribution in [1.82, 2.24) is 4.98 Å². The molecule has 0 spiro atoms. The molecule has 1 heterocycles. The highest BCUT2D eigenvalue weighted by atomic mass is 19.1. The molecule has 2 amide bonds. The lowest BCUT2D eigenvalue weighted by Gasteiger charge is -2.13. The van der Waals surface area contributed by atoms with E-state index in [1.54, 1.807) is 24.4 Å². The van der Waals surface area contributed by atoms with Gasteiger partial charge in [-0.1, -0.05) is 0 Å². The number of hydrogen-bond donors (Lipinski definition) is 2. The normalized spacial score (nSPS) is 10.8. The smallest absolute Gasteiger partial charge is 0.346 e. The number of nitrogens with one attached hydrogen (secondary N) is 1. The first-order valence-corrected chi connectivity index (χ1v) is 8.09. The summed E-state index contributed by atoms with van der Waals surface area (Å²) >= 11 is 0. The number of nitrogens with zero attached hydrogens (tertiary/aromatic N) is 2. The molecule has 0 bridgehead atoms. The van der Waals surface area contributed by atoms with E-state index in [4.69, 9.17) is 19.9 Å². The number of aliphatic imine (C=N–C) groups is 1. The minimum atomic E-state index is -0.711. The van der Waals surface area contributed by atoms with Gasteiger partial charge in [-0.15, -0.1) is 0 Å². The number of urea groups is 1. The third-order valence-electron chi connectivity index (χ3n) is 3.80. The lowest BCUT2D eigenvalue weighted by Crippen LogP contribution is -2.08. The Morgan fingerprint density at radius 2 is 1.86 bits per heavy atom. The molecule has 8 nitrogen and oxygen atoms in total. The van der Waals surface area contributed by atoms with Gasteiger partial charge in [0.25, 0.3) is 0 Å². The van der Waals surface area contributed by atoms with Gasteiger partial charge in [0.05, 0.1) is 26.1 Å². The molecule has 144 valence electrons. The molecule has 0 saturated carbocycles. The molecular weight excluding hydrogens is 367 g/mol. The number of pyridine rings is 1. The highest BCUT2D eigenvalue weighted by molar-refractivity contribution is 5.94. The van der Waals surface area contributed by atoms with Crippen LogP contribution in [-0.2, 0) is 0 Å². The van der Waals surface area contributed by atoms with Crippen molar-refractivity contribution in [2.75, 3.05) is 19.5 Å². The zero-order valence-electron chi connectivity index (χ0n) is 15.1. The molecule has 0 aliphatic heterocycles. The Kier molecular flexibility index (Phi) is 5.54. The zero-order chi connectivity index (χ0) is 20.1. The van der Waals surface area contributed by atoms with Crippen LogP contribution in [0.15, 0.2) is 47.6 Å². The molecule has 0 saturated heterocycles. The average molecular weight is 384 g/mol. The van der Waals surface area contributed by atoms with Gasteiger partial charge in [-0.3, -0.25) is 4.98 Å². The van der Waals surface area contributed by atoms with Gasteiger partial charge < -0.3 is 25.3 Å². The zero-order valence-corrected chi connectivity index (χ0v) is 15.1. The average Bonchev–Trinajstić information content (AvgIpc) is 2.69. The standard InChI is InChI=1S/C19H17FN4O4/c1-26-17-8-12-14(9-18(17)27-2)22-6-5-15(12)28-16-4-3-11(7-13(16)20)24-19(25)23-10-21/h3-10H,1-2H3,(H3,21,23,24,25). The van der Waals surface area contributed by atoms with Crippen LogP contribution < -0.4 is 25.3 Å². The lowest BCUT2D eigenvalue weighted by molar-refractivity contribution is 0.259. The van der Waals surface area contributed by atoms with Crippen LogP contribution in [0.1, 0.15) is 0 Å².